The molecule has 7 heteroatoms. The summed E-state index contributed by atoms with van der Waals surface area (Å²) in [7, 11) is 0. The fraction of sp³-hybridized carbons (Fsp3) is 0.0588. The van der Waals surface area contributed by atoms with Gasteiger partial charge in [-0.2, -0.15) is 5.26 Å². The predicted molar refractivity (Wildman–Crippen MR) is 98.6 cm³/mol. The van der Waals surface area contributed by atoms with E-state index in [-0.39, 0.29) is 5.57 Å². The first-order valence-electron chi connectivity index (χ1n) is 6.80. The smallest absolute Gasteiger partial charge is 0.267 e. The molecule has 0 saturated carbocycles. The van der Waals surface area contributed by atoms with Crippen molar-refractivity contribution < 1.29 is 4.79 Å². The molecule has 0 unspecified atom stereocenters. The number of anilines is 2. The van der Waals surface area contributed by atoms with Crippen molar-refractivity contribution in [2.24, 2.45) is 0 Å². The highest BCUT2D eigenvalue weighted by atomic mass is 35.5. The topological polar surface area (TPSA) is 64.9 Å². The summed E-state index contributed by atoms with van der Waals surface area (Å²) >= 11 is 17.7. The SMILES string of the molecule is Cc1ccc(N/C=C(/C#N)C(=O)Nc2ccc(Cl)c(Cl)c2)cc1Cl. The molecule has 2 aromatic rings. The van der Waals surface area contributed by atoms with Crippen molar-refractivity contribution in [1.82, 2.24) is 0 Å². The normalized spacial score (nSPS) is 10.9. The van der Waals surface area contributed by atoms with Gasteiger partial charge in [-0.25, -0.2) is 0 Å². The summed E-state index contributed by atoms with van der Waals surface area (Å²) in [6.07, 6.45) is 1.31. The second kappa shape index (κ2) is 8.07. The van der Waals surface area contributed by atoms with Crippen LogP contribution in [0.2, 0.25) is 15.1 Å². The van der Waals surface area contributed by atoms with Gasteiger partial charge in [-0.05, 0) is 42.8 Å². The number of hydrogen-bond acceptors (Lipinski definition) is 3. The molecule has 0 aromatic heterocycles. The van der Waals surface area contributed by atoms with Crippen molar-refractivity contribution in [3.8, 4) is 6.07 Å². The van der Waals surface area contributed by atoms with Crippen molar-refractivity contribution in [3.05, 3.63) is 68.8 Å². The molecule has 0 heterocycles. The number of nitrogens with zero attached hydrogens (tertiary/aromatic N) is 1. The van der Waals surface area contributed by atoms with E-state index in [1.165, 1.54) is 12.3 Å². The van der Waals surface area contributed by atoms with E-state index in [2.05, 4.69) is 10.6 Å². The lowest BCUT2D eigenvalue weighted by atomic mass is 10.2. The van der Waals surface area contributed by atoms with E-state index in [4.69, 9.17) is 40.1 Å². The van der Waals surface area contributed by atoms with Crippen molar-refractivity contribution >= 4 is 52.1 Å². The maximum Gasteiger partial charge on any atom is 0.267 e. The zero-order chi connectivity index (χ0) is 17.7. The number of nitriles is 1. The molecule has 0 radical (unpaired) electrons. The summed E-state index contributed by atoms with van der Waals surface area (Å²) in [5, 5.41) is 15.9. The lowest BCUT2D eigenvalue weighted by Crippen LogP contribution is -2.14. The van der Waals surface area contributed by atoms with Gasteiger partial charge in [0, 0.05) is 22.6 Å². The predicted octanol–water partition coefficient (Wildman–Crippen LogP) is 5.41. The Morgan fingerprint density at radius 3 is 2.33 bits per heavy atom. The highest BCUT2D eigenvalue weighted by Crippen LogP contribution is 2.25. The van der Waals surface area contributed by atoms with Crippen LogP contribution in [0.1, 0.15) is 5.56 Å². The first-order chi connectivity index (χ1) is 11.4. The van der Waals surface area contributed by atoms with Gasteiger partial charge in [-0.15, -0.1) is 0 Å². The van der Waals surface area contributed by atoms with Gasteiger partial charge < -0.3 is 10.6 Å². The summed E-state index contributed by atoms with van der Waals surface area (Å²) in [6.45, 7) is 1.88. The average Bonchev–Trinajstić information content (AvgIpc) is 2.55. The molecule has 0 bridgehead atoms. The van der Waals surface area contributed by atoms with Crippen LogP contribution in [0.5, 0.6) is 0 Å². The summed E-state index contributed by atoms with van der Waals surface area (Å²) in [6, 6.07) is 11.8. The van der Waals surface area contributed by atoms with E-state index >= 15 is 0 Å². The number of hydrogen-bond donors (Lipinski definition) is 2. The van der Waals surface area contributed by atoms with E-state index in [0.717, 1.165) is 5.56 Å². The van der Waals surface area contributed by atoms with Gasteiger partial charge in [-0.1, -0.05) is 40.9 Å². The molecule has 1 amide bonds. The molecule has 0 saturated heterocycles. The highest BCUT2D eigenvalue weighted by Gasteiger charge is 2.10. The number of nitrogens with one attached hydrogen (secondary N) is 2. The summed E-state index contributed by atoms with van der Waals surface area (Å²) in [4.78, 5) is 12.1. The van der Waals surface area contributed by atoms with Crippen LogP contribution in [0.25, 0.3) is 0 Å². The molecular formula is C17H12Cl3N3O. The largest absolute Gasteiger partial charge is 0.360 e. The van der Waals surface area contributed by atoms with Gasteiger partial charge >= 0.3 is 0 Å². The molecule has 0 spiro atoms. The highest BCUT2D eigenvalue weighted by molar-refractivity contribution is 6.42. The number of aryl methyl sites for hydroxylation is 1. The minimum absolute atomic E-state index is 0.0993. The Kier molecular flexibility index (Phi) is 6.10. The Morgan fingerprint density at radius 1 is 1.04 bits per heavy atom. The summed E-state index contributed by atoms with van der Waals surface area (Å²) < 4.78 is 0. The number of halogens is 3. The van der Waals surface area contributed by atoms with E-state index in [0.29, 0.717) is 26.4 Å². The van der Waals surface area contributed by atoms with Crippen LogP contribution < -0.4 is 10.6 Å². The van der Waals surface area contributed by atoms with Crippen molar-refractivity contribution in [3.63, 3.8) is 0 Å². The quantitative estimate of drug-likeness (QED) is 0.550. The van der Waals surface area contributed by atoms with Crippen LogP contribution in [-0.2, 0) is 4.79 Å². The zero-order valence-corrected chi connectivity index (χ0v) is 14.8. The maximum absolute atomic E-state index is 12.1. The Morgan fingerprint density at radius 2 is 1.71 bits per heavy atom. The maximum atomic E-state index is 12.1. The zero-order valence-electron chi connectivity index (χ0n) is 12.5. The minimum atomic E-state index is -0.568. The molecule has 0 atom stereocenters. The van der Waals surface area contributed by atoms with Crippen molar-refractivity contribution in [1.29, 1.82) is 5.26 Å². The molecule has 2 rings (SSSR count). The van der Waals surface area contributed by atoms with Crippen molar-refractivity contribution in [2.45, 2.75) is 6.92 Å². The third-order valence-corrected chi connectivity index (χ3v) is 4.24. The molecule has 0 aliphatic heterocycles. The molecule has 0 fully saturated rings. The summed E-state index contributed by atoms with van der Waals surface area (Å²) in [5.41, 5.74) is 1.94. The molecule has 122 valence electrons. The van der Waals surface area contributed by atoms with Crippen LogP contribution in [-0.4, -0.2) is 5.91 Å². The van der Waals surface area contributed by atoms with Crippen LogP contribution >= 0.6 is 34.8 Å². The fourth-order valence-electron chi connectivity index (χ4n) is 1.76. The van der Waals surface area contributed by atoms with E-state index < -0.39 is 5.91 Å². The third kappa shape index (κ3) is 4.65. The second-order valence-electron chi connectivity index (χ2n) is 4.86. The second-order valence-corrected chi connectivity index (χ2v) is 6.08. The Hall–Kier alpha value is -2.19. The fourth-order valence-corrected chi connectivity index (χ4v) is 2.24. The van der Waals surface area contributed by atoms with Crippen LogP contribution in [0.15, 0.2) is 48.2 Å². The van der Waals surface area contributed by atoms with E-state index in [1.807, 2.05) is 19.1 Å². The Balaban J connectivity index is 2.11. The average molecular weight is 381 g/mol. The molecular weight excluding hydrogens is 369 g/mol. The first-order valence-corrected chi connectivity index (χ1v) is 7.93. The molecule has 4 nitrogen and oxygen atoms in total. The Bertz CT molecular complexity index is 857. The standard InChI is InChI=1S/C17H12Cl3N3O/c1-10-2-3-12(6-15(10)19)22-9-11(8-21)17(24)23-13-4-5-14(18)16(20)7-13/h2-7,9,22H,1H3,(H,23,24)/b11-9-. The van der Waals surface area contributed by atoms with Crippen LogP contribution in [0.3, 0.4) is 0 Å². The molecule has 2 aromatic carbocycles. The van der Waals surface area contributed by atoms with E-state index in [9.17, 15) is 4.79 Å². The lowest BCUT2D eigenvalue weighted by molar-refractivity contribution is -0.112. The molecule has 2 N–H and O–H groups in total. The van der Waals surface area contributed by atoms with Gasteiger partial charge in [0.2, 0.25) is 0 Å². The van der Waals surface area contributed by atoms with Gasteiger partial charge in [0.1, 0.15) is 11.6 Å². The number of amides is 1. The number of rotatable bonds is 4. The van der Waals surface area contributed by atoms with Crippen LogP contribution in [0.4, 0.5) is 11.4 Å². The molecule has 0 aliphatic carbocycles. The molecule has 0 aliphatic rings. The minimum Gasteiger partial charge on any atom is -0.360 e. The van der Waals surface area contributed by atoms with Gasteiger partial charge in [0.25, 0.3) is 5.91 Å². The Labute approximate surface area is 154 Å². The summed E-state index contributed by atoms with van der Waals surface area (Å²) in [5.74, 6) is -0.568. The van der Waals surface area contributed by atoms with Gasteiger partial charge in [0.05, 0.1) is 10.0 Å². The van der Waals surface area contributed by atoms with Crippen LogP contribution in [0, 0.1) is 18.3 Å². The number of carbonyl (C=O) groups excluding carboxylic acids is 1. The monoisotopic (exact) mass is 379 g/mol. The molecule has 24 heavy (non-hydrogen) atoms. The third-order valence-electron chi connectivity index (χ3n) is 3.10. The van der Waals surface area contributed by atoms with Gasteiger partial charge in [0.15, 0.2) is 0 Å². The van der Waals surface area contributed by atoms with E-state index in [1.54, 1.807) is 24.3 Å². The van der Waals surface area contributed by atoms with Gasteiger partial charge in [-0.3, -0.25) is 4.79 Å². The number of benzene rings is 2. The van der Waals surface area contributed by atoms with Crippen molar-refractivity contribution in [2.75, 3.05) is 10.6 Å². The first kappa shape index (κ1) is 18.2. The lowest BCUT2D eigenvalue weighted by Gasteiger charge is -2.07. The number of carbonyl (C=O) groups is 1.